The molecule has 2 saturated heterocycles. The number of guanidine groups is 1. The molecular formula is C38H64N12O22. The molecule has 0 aromatic heterocycles. The molecule has 408 valence electrons. The van der Waals surface area contributed by atoms with Crippen molar-refractivity contribution in [2.45, 2.75) is 118 Å². The van der Waals surface area contributed by atoms with Crippen LogP contribution < -0.4 is 59.7 Å². The predicted molar refractivity (Wildman–Crippen MR) is 235 cm³/mol. The Morgan fingerprint density at radius 3 is 1.74 bits per heavy atom. The molecule has 8 amide bonds. The van der Waals surface area contributed by atoms with E-state index in [1.54, 1.807) is 0 Å². The van der Waals surface area contributed by atoms with Crippen LogP contribution in [0.1, 0.15) is 32.6 Å². The average Bonchev–Trinajstić information content (AvgIpc) is 3.32. The van der Waals surface area contributed by atoms with Crippen LogP contribution in [0.3, 0.4) is 0 Å². The number of nitrogens with zero attached hydrogens (tertiary/aromatic N) is 1. The molecule has 0 radical (unpaired) electrons. The Balaban J connectivity index is 2.14. The van der Waals surface area contributed by atoms with Crippen LogP contribution >= 0.6 is 0 Å². The van der Waals surface area contributed by atoms with Gasteiger partial charge in [-0.3, -0.25) is 48.1 Å². The molecule has 2 heterocycles. The van der Waals surface area contributed by atoms with Crippen LogP contribution in [0, 0.1) is 0 Å². The van der Waals surface area contributed by atoms with Gasteiger partial charge in [0, 0.05) is 20.0 Å². The Hall–Kier alpha value is -6.47. The van der Waals surface area contributed by atoms with E-state index < -0.39 is 203 Å². The normalized spacial score (nSPS) is 25.3. The van der Waals surface area contributed by atoms with E-state index in [1.165, 1.54) is 0 Å². The van der Waals surface area contributed by atoms with Gasteiger partial charge in [0.05, 0.1) is 64.4 Å². The number of hydrogen-bond donors (Lipinski definition) is 20. The number of aliphatic imine (C=N–C) groups is 1. The number of carboxylic acids is 2. The van der Waals surface area contributed by atoms with Gasteiger partial charge in [-0.25, -0.2) is 4.79 Å². The van der Waals surface area contributed by atoms with Crippen molar-refractivity contribution in [2.75, 3.05) is 52.5 Å². The molecule has 0 bridgehead atoms. The highest BCUT2D eigenvalue weighted by molar-refractivity contribution is 5.96. The van der Waals surface area contributed by atoms with Crippen LogP contribution in [0.2, 0.25) is 0 Å². The van der Waals surface area contributed by atoms with Gasteiger partial charge in [-0.2, -0.15) is 0 Å². The lowest BCUT2D eigenvalue weighted by atomic mass is 9.91. The number of aliphatic hydroxyl groups excluding tert-OH is 7. The summed E-state index contributed by atoms with van der Waals surface area (Å²) < 4.78 is 16.8. The number of hydrogen-bond acceptors (Lipinski definition) is 22. The molecule has 2 fully saturated rings. The number of carbonyl (C=O) groups is 10. The standard InChI is InChI=1S/C38H64N12O22/c1-14(54)46-27-19(70-21(13-53)32(29(27)62)72-37-31(64)30(63)28(61)20(12-52)71-37)8-43-22(55)5-16(48-23(56)7-39)34(66)45-9-24(57)47-15(3-2-4-42-38(40)41)33(65)44-10-25(58)49-17(6-26(59)60)35(67)50-18(11-51)36(68)69/h15-21,27-32,37,51-53,61-64H,2-13,39H2,1H3,(H,43,55)(H,44,65)(H,45,66)(H,46,54)(H,47,57)(H,48,56)(H,49,58)(H,50,67)(H,59,60)(H,68,69)(H4,40,41,42)/t15-,16-,17-,18-,19-,20+,21?,27?,28+,29+,30?,31?,32-,37+/m0/s1. The van der Waals surface area contributed by atoms with Gasteiger partial charge in [-0.05, 0) is 12.8 Å². The summed E-state index contributed by atoms with van der Waals surface area (Å²) >= 11 is 0. The molecule has 2 rings (SSSR count). The number of nitrogens with one attached hydrogen (secondary N) is 8. The van der Waals surface area contributed by atoms with Crippen molar-refractivity contribution in [3.63, 3.8) is 0 Å². The van der Waals surface area contributed by atoms with Gasteiger partial charge >= 0.3 is 11.9 Å². The number of rotatable bonds is 29. The van der Waals surface area contributed by atoms with E-state index in [1.807, 2.05) is 10.6 Å². The predicted octanol–water partition coefficient (Wildman–Crippen LogP) is -13.0. The second-order valence-corrected chi connectivity index (χ2v) is 16.0. The molecule has 0 aromatic rings. The summed E-state index contributed by atoms with van der Waals surface area (Å²) in [6.45, 7) is -4.77. The van der Waals surface area contributed by atoms with E-state index in [0.29, 0.717) is 0 Å². The van der Waals surface area contributed by atoms with Gasteiger partial charge in [-0.15, -0.1) is 0 Å². The van der Waals surface area contributed by atoms with E-state index in [9.17, 15) is 88.8 Å². The van der Waals surface area contributed by atoms with Crippen molar-refractivity contribution < 1.29 is 108 Å². The number of carbonyl (C=O) groups excluding carboxylic acids is 8. The zero-order valence-electron chi connectivity index (χ0n) is 38.6. The first-order valence-electron chi connectivity index (χ1n) is 21.9. The highest BCUT2D eigenvalue weighted by Crippen LogP contribution is 2.29. The SMILES string of the molecule is CC(=O)NC1[C@H](CNC(=O)C[C@H](NC(=O)CN)C(=O)NCC(=O)N[C@@H](CCCN=C(N)N)C(=O)NCC(=O)N[C@@H](CC(=O)O)C(=O)N[C@@H](CO)C(=O)O)OC(CO)[C@H](O[C@H]2O[C@H](CO)[C@@H](O)C(O)C2O)[C@@H]1O. The minimum Gasteiger partial charge on any atom is -0.481 e. The maximum atomic E-state index is 13.3. The van der Waals surface area contributed by atoms with Crippen LogP contribution in [-0.2, 0) is 62.2 Å². The molecule has 0 saturated carbocycles. The third-order valence-electron chi connectivity index (χ3n) is 10.5. The molecule has 23 N–H and O–H groups in total. The van der Waals surface area contributed by atoms with Crippen molar-refractivity contribution in [2.24, 2.45) is 22.2 Å². The quantitative estimate of drug-likeness (QED) is 0.0188. The van der Waals surface area contributed by atoms with Crippen LogP contribution in [-0.4, -0.2) is 249 Å². The smallest absolute Gasteiger partial charge is 0.328 e. The van der Waals surface area contributed by atoms with Crippen molar-refractivity contribution in [1.82, 2.24) is 42.5 Å². The number of carboxylic acid groups (broad SMARTS) is 2. The third kappa shape index (κ3) is 20.0. The van der Waals surface area contributed by atoms with Gasteiger partial charge in [0.15, 0.2) is 12.2 Å². The molecule has 14 atom stereocenters. The Morgan fingerprint density at radius 1 is 0.639 bits per heavy atom. The highest BCUT2D eigenvalue weighted by atomic mass is 16.7. The fraction of sp³-hybridized carbons (Fsp3) is 0.711. The Morgan fingerprint density at radius 2 is 1.21 bits per heavy atom. The molecule has 0 spiro atoms. The van der Waals surface area contributed by atoms with E-state index >= 15 is 0 Å². The van der Waals surface area contributed by atoms with E-state index in [-0.39, 0.29) is 25.3 Å². The number of aliphatic hydroxyl groups is 7. The lowest BCUT2D eigenvalue weighted by Crippen LogP contribution is -2.68. The van der Waals surface area contributed by atoms with Crippen LogP contribution in [0.4, 0.5) is 0 Å². The molecule has 34 nitrogen and oxygen atoms in total. The Labute approximate surface area is 408 Å². The Kier molecular flexibility index (Phi) is 26.0. The minimum absolute atomic E-state index is 0.0428. The Bertz CT molecular complexity index is 1930. The molecule has 34 heteroatoms. The molecule has 0 aliphatic carbocycles. The summed E-state index contributed by atoms with van der Waals surface area (Å²) in [7, 11) is 0. The van der Waals surface area contributed by atoms with Crippen molar-refractivity contribution in [1.29, 1.82) is 0 Å². The maximum absolute atomic E-state index is 13.3. The average molecular weight is 1040 g/mol. The first-order valence-corrected chi connectivity index (χ1v) is 21.9. The topological polar surface area (TPSA) is 567 Å². The second kappa shape index (κ2) is 30.4. The van der Waals surface area contributed by atoms with Gasteiger partial charge < -0.3 is 120 Å². The molecular weight excluding hydrogens is 976 g/mol. The lowest BCUT2D eigenvalue weighted by molar-refractivity contribution is -0.335. The number of ether oxygens (including phenoxy) is 3. The second-order valence-electron chi connectivity index (χ2n) is 16.0. The molecule has 2 aliphatic rings. The summed E-state index contributed by atoms with van der Waals surface area (Å²) in [5.74, 6) is -11.8. The number of nitrogens with two attached hydrogens (primary N) is 3. The van der Waals surface area contributed by atoms with Crippen LogP contribution in [0.15, 0.2) is 4.99 Å². The summed E-state index contributed by atoms with van der Waals surface area (Å²) in [4.78, 5) is 129. The third-order valence-corrected chi connectivity index (χ3v) is 10.5. The molecule has 72 heavy (non-hydrogen) atoms. The maximum Gasteiger partial charge on any atom is 0.328 e. The zero-order chi connectivity index (χ0) is 54.4. The van der Waals surface area contributed by atoms with E-state index in [2.05, 4.69) is 36.9 Å². The summed E-state index contributed by atoms with van der Waals surface area (Å²) in [6, 6.07) is -8.33. The summed E-state index contributed by atoms with van der Waals surface area (Å²) in [6.07, 6.45) is -17.0. The van der Waals surface area contributed by atoms with Gasteiger partial charge in [0.25, 0.3) is 0 Å². The fourth-order valence-electron chi connectivity index (χ4n) is 6.89. The van der Waals surface area contributed by atoms with Crippen molar-refractivity contribution in [3.8, 4) is 0 Å². The number of amides is 8. The van der Waals surface area contributed by atoms with E-state index in [0.717, 1.165) is 6.92 Å². The molecule has 2 aliphatic heterocycles. The van der Waals surface area contributed by atoms with Gasteiger partial charge in [-0.1, -0.05) is 0 Å². The minimum atomic E-state index is -1.92. The summed E-state index contributed by atoms with van der Waals surface area (Å²) in [5.41, 5.74) is 16.0. The van der Waals surface area contributed by atoms with Crippen molar-refractivity contribution >= 4 is 65.2 Å². The zero-order valence-corrected chi connectivity index (χ0v) is 38.6. The van der Waals surface area contributed by atoms with Gasteiger partial charge in [0.1, 0.15) is 66.9 Å². The van der Waals surface area contributed by atoms with Crippen molar-refractivity contribution in [3.05, 3.63) is 0 Å². The molecule has 0 aromatic carbocycles. The lowest BCUT2D eigenvalue weighted by Gasteiger charge is -2.47. The fourth-order valence-corrected chi connectivity index (χ4v) is 6.89. The number of aliphatic carboxylic acids is 2. The van der Waals surface area contributed by atoms with Crippen LogP contribution in [0.5, 0.6) is 0 Å². The van der Waals surface area contributed by atoms with E-state index in [4.69, 9.17) is 36.5 Å². The first-order chi connectivity index (χ1) is 33.9. The first kappa shape index (κ1) is 61.6. The van der Waals surface area contributed by atoms with Crippen LogP contribution in [0.25, 0.3) is 0 Å². The largest absolute Gasteiger partial charge is 0.481 e. The highest BCUT2D eigenvalue weighted by Gasteiger charge is 2.51. The summed E-state index contributed by atoms with van der Waals surface area (Å²) in [5, 5.41) is 107. The monoisotopic (exact) mass is 1040 g/mol. The molecule has 4 unspecified atom stereocenters. The van der Waals surface area contributed by atoms with Gasteiger partial charge in [0.2, 0.25) is 47.3 Å².